The van der Waals surface area contributed by atoms with Gasteiger partial charge in [0.15, 0.2) is 0 Å². The van der Waals surface area contributed by atoms with Crippen LogP contribution >= 0.6 is 24.0 Å². The fraction of sp³-hybridized carbons (Fsp3) is 0.500. The van der Waals surface area contributed by atoms with Crippen LogP contribution in [0.3, 0.4) is 0 Å². The molecule has 0 spiro atoms. The smallest absolute Gasteiger partial charge is 0.0964 e. The number of pyridine rings is 1. The Labute approximate surface area is 106 Å². The van der Waals surface area contributed by atoms with Gasteiger partial charge in [0.2, 0.25) is 0 Å². The molecule has 0 atom stereocenters. The quantitative estimate of drug-likeness (QED) is 0.592. The summed E-state index contributed by atoms with van der Waals surface area (Å²) in [5.74, 6) is 0. The van der Waals surface area contributed by atoms with Gasteiger partial charge in [-0.15, -0.1) is 11.8 Å². The van der Waals surface area contributed by atoms with Crippen LogP contribution in [0.4, 0.5) is 5.69 Å². The van der Waals surface area contributed by atoms with Crippen LogP contribution in [-0.4, -0.2) is 15.4 Å². The molecule has 0 unspecified atom stereocenters. The second-order valence-electron chi connectivity index (χ2n) is 3.94. The maximum Gasteiger partial charge on any atom is 0.0964 e. The first-order valence-electron chi connectivity index (χ1n) is 5.59. The molecule has 16 heavy (non-hydrogen) atoms. The third-order valence-electron chi connectivity index (χ3n) is 2.74. The topological polar surface area (TPSA) is 25.2 Å². The molecule has 0 amide bonds. The largest absolute Gasteiger partial charge is 0.248 e. The van der Waals surface area contributed by atoms with Crippen molar-refractivity contribution in [2.75, 3.05) is 0 Å². The highest BCUT2D eigenvalue weighted by Gasteiger charge is 2.14. The minimum atomic E-state index is 0.751. The number of aliphatic imine (C=N–C) groups is 1. The van der Waals surface area contributed by atoms with Crippen molar-refractivity contribution in [2.24, 2.45) is 4.99 Å². The van der Waals surface area contributed by atoms with Gasteiger partial charge >= 0.3 is 0 Å². The van der Waals surface area contributed by atoms with Gasteiger partial charge in [0.05, 0.1) is 22.1 Å². The Balaban J connectivity index is 1.96. The van der Waals surface area contributed by atoms with Crippen LogP contribution in [0.2, 0.25) is 0 Å². The summed E-state index contributed by atoms with van der Waals surface area (Å²) < 4.78 is 0. The molecule has 1 aliphatic carbocycles. The standard InChI is InChI=1S/C12H14N2S2/c15-9-14-10-6-7-12(13-8-10)16-11-4-2-1-3-5-11/h6-8,11H,1-5H2. The molecule has 0 radical (unpaired) electrons. The van der Waals surface area contributed by atoms with E-state index in [4.69, 9.17) is 0 Å². The number of nitrogens with zero attached hydrogens (tertiary/aromatic N) is 2. The van der Waals surface area contributed by atoms with Gasteiger partial charge in [0, 0.05) is 5.25 Å². The molecule has 2 nitrogen and oxygen atoms in total. The van der Waals surface area contributed by atoms with Crippen molar-refractivity contribution >= 4 is 34.8 Å². The van der Waals surface area contributed by atoms with Crippen LogP contribution in [0.15, 0.2) is 28.3 Å². The van der Waals surface area contributed by atoms with Crippen LogP contribution in [0.25, 0.3) is 0 Å². The molecule has 0 bridgehead atoms. The lowest BCUT2D eigenvalue weighted by Gasteiger charge is -2.20. The lowest BCUT2D eigenvalue weighted by molar-refractivity contribution is 0.516. The fourth-order valence-electron chi connectivity index (χ4n) is 1.91. The van der Waals surface area contributed by atoms with Gasteiger partial charge in [-0.2, -0.15) is 4.99 Å². The Morgan fingerprint density at radius 1 is 1.31 bits per heavy atom. The van der Waals surface area contributed by atoms with Crippen molar-refractivity contribution in [1.29, 1.82) is 0 Å². The Kier molecular flexibility index (Phi) is 4.52. The molecule has 0 aromatic carbocycles. The maximum absolute atomic E-state index is 4.55. The van der Waals surface area contributed by atoms with Gasteiger partial charge in [0.25, 0.3) is 0 Å². The molecule has 1 aromatic rings. The number of hydrogen-bond acceptors (Lipinski definition) is 4. The summed E-state index contributed by atoms with van der Waals surface area (Å²) >= 11 is 6.44. The van der Waals surface area contributed by atoms with E-state index in [9.17, 15) is 0 Å². The van der Waals surface area contributed by atoms with Crippen molar-refractivity contribution in [1.82, 2.24) is 4.98 Å². The first-order chi connectivity index (χ1) is 7.88. The predicted molar refractivity (Wildman–Crippen MR) is 71.7 cm³/mol. The zero-order chi connectivity index (χ0) is 11.2. The normalized spacial score (nSPS) is 16.8. The summed E-state index contributed by atoms with van der Waals surface area (Å²) in [6.45, 7) is 0. The van der Waals surface area contributed by atoms with Crippen molar-refractivity contribution in [3.8, 4) is 0 Å². The molecule has 1 aliphatic rings. The molecule has 1 aromatic heterocycles. The van der Waals surface area contributed by atoms with E-state index in [-0.39, 0.29) is 0 Å². The molecule has 84 valence electrons. The van der Waals surface area contributed by atoms with Crippen molar-refractivity contribution in [2.45, 2.75) is 42.4 Å². The zero-order valence-corrected chi connectivity index (χ0v) is 10.7. The number of hydrogen-bond donors (Lipinski definition) is 0. The molecule has 1 fully saturated rings. The van der Waals surface area contributed by atoms with E-state index in [2.05, 4.69) is 27.4 Å². The van der Waals surface area contributed by atoms with Crippen molar-refractivity contribution in [3.05, 3.63) is 18.3 Å². The predicted octanol–water partition coefficient (Wildman–Crippen LogP) is 4.24. The molecule has 1 heterocycles. The number of isothiocyanates is 1. The van der Waals surface area contributed by atoms with Crippen LogP contribution in [0, 0.1) is 0 Å². The number of rotatable bonds is 3. The molecule has 1 saturated carbocycles. The van der Waals surface area contributed by atoms with E-state index in [1.807, 2.05) is 23.9 Å². The van der Waals surface area contributed by atoms with Crippen LogP contribution < -0.4 is 0 Å². The van der Waals surface area contributed by atoms with E-state index >= 15 is 0 Å². The summed E-state index contributed by atoms with van der Waals surface area (Å²) in [7, 11) is 0. The Morgan fingerprint density at radius 2 is 2.12 bits per heavy atom. The summed E-state index contributed by atoms with van der Waals surface area (Å²) in [4.78, 5) is 8.26. The highest BCUT2D eigenvalue weighted by atomic mass is 32.2. The highest BCUT2D eigenvalue weighted by Crippen LogP contribution is 2.32. The van der Waals surface area contributed by atoms with Gasteiger partial charge in [-0.05, 0) is 37.2 Å². The first kappa shape index (κ1) is 11.8. The summed E-state index contributed by atoms with van der Waals surface area (Å²) in [5.41, 5.74) is 0.781. The lowest BCUT2D eigenvalue weighted by atomic mass is 10.0. The molecule has 0 aliphatic heterocycles. The second kappa shape index (κ2) is 6.14. The zero-order valence-electron chi connectivity index (χ0n) is 9.06. The summed E-state index contributed by atoms with van der Waals surface area (Å²) in [6.07, 6.45) is 8.53. The number of thiocarbonyl (C=S) groups is 1. The minimum Gasteiger partial charge on any atom is -0.248 e. The van der Waals surface area contributed by atoms with Gasteiger partial charge < -0.3 is 0 Å². The summed E-state index contributed by atoms with van der Waals surface area (Å²) in [5, 5.41) is 4.19. The van der Waals surface area contributed by atoms with E-state index in [1.165, 1.54) is 32.1 Å². The molecule has 2 rings (SSSR count). The average molecular weight is 250 g/mol. The summed E-state index contributed by atoms with van der Waals surface area (Å²) in [6, 6.07) is 3.96. The van der Waals surface area contributed by atoms with Crippen molar-refractivity contribution < 1.29 is 0 Å². The van der Waals surface area contributed by atoms with Crippen LogP contribution in [0.1, 0.15) is 32.1 Å². The first-order valence-corrected chi connectivity index (χ1v) is 6.88. The molecule has 0 N–H and O–H groups in total. The molecule has 4 heteroatoms. The van der Waals surface area contributed by atoms with E-state index in [0.29, 0.717) is 0 Å². The minimum absolute atomic E-state index is 0.751. The molecular weight excluding hydrogens is 236 g/mol. The lowest BCUT2D eigenvalue weighted by Crippen LogP contribution is -2.07. The Bertz CT molecular complexity index is 377. The average Bonchev–Trinajstić information content (AvgIpc) is 2.33. The number of thioether (sulfide) groups is 1. The Morgan fingerprint density at radius 3 is 2.75 bits per heavy atom. The van der Waals surface area contributed by atoms with E-state index < -0.39 is 0 Å². The monoisotopic (exact) mass is 250 g/mol. The molecule has 0 saturated heterocycles. The third-order valence-corrected chi connectivity index (χ3v) is 4.11. The molecular formula is C12H14N2S2. The van der Waals surface area contributed by atoms with E-state index in [1.54, 1.807) is 6.20 Å². The van der Waals surface area contributed by atoms with Crippen LogP contribution in [-0.2, 0) is 0 Å². The van der Waals surface area contributed by atoms with Crippen molar-refractivity contribution in [3.63, 3.8) is 0 Å². The Hall–Kier alpha value is -0.700. The van der Waals surface area contributed by atoms with Crippen LogP contribution in [0.5, 0.6) is 0 Å². The van der Waals surface area contributed by atoms with Gasteiger partial charge in [-0.3, -0.25) is 0 Å². The fourth-order valence-corrected chi connectivity index (χ4v) is 3.19. The number of aromatic nitrogens is 1. The van der Waals surface area contributed by atoms with Gasteiger partial charge in [-0.1, -0.05) is 19.3 Å². The SMILES string of the molecule is S=C=Nc1ccc(SC2CCCCC2)nc1. The van der Waals surface area contributed by atoms with Gasteiger partial charge in [-0.25, -0.2) is 4.98 Å². The third kappa shape index (κ3) is 3.41. The second-order valence-corrected chi connectivity index (χ2v) is 5.44. The van der Waals surface area contributed by atoms with E-state index in [0.717, 1.165) is 16.0 Å². The maximum atomic E-state index is 4.55. The highest BCUT2D eigenvalue weighted by molar-refractivity contribution is 7.99. The van der Waals surface area contributed by atoms with Gasteiger partial charge in [0.1, 0.15) is 0 Å².